The molecule has 4 atom stereocenters. The molecule has 39 heavy (non-hydrogen) atoms. The van der Waals surface area contributed by atoms with Gasteiger partial charge in [0.15, 0.2) is 0 Å². The molecule has 4 rings (SSSR count). The van der Waals surface area contributed by atoms with Crippen LogP contribution in [0.5, 0.6) is 0 Å². The Balaban J connectivity index is 1.63. The maximum absolute atomic E-state index is 5.47. The molecular weight excluding hydrogens is 470 g/mol. The molecule has 1 aromatic rings. The van der Waals surface area contributed by atoms with E-state index in [0.717, 1.165) is 18.3 Å². The number of aliphatic imine (C=N–C) groups is 1. The van der Waals surface area contributed by atoms with E-state index in [0.29, 0.717) is 5.92 Å². The van der Waals surface area contributed by atoms with Gasteiger partial charge in [0, 0.05) is 12.1 Å². The van der Waals surface area contributed by atoms with Crippen LogP contribution in [0, 0.1) is 24.7 Å². The van der Waals surface area contributed by atoms with Gasteiger partial charge in [0.2, 0.25) is 0 Å². The number of benzene rings is 1. The van der Waals surface area contributed by atoms with Gasteiger partial charge < -0.3 is 0 Å². The number of fused-ring (bicyclic) bond motifs is 1. The first kappa shape index (κ1) is 29.3. The fourth-order valence-corrected chi connectivity index (χ4v) is 6.36. The molecule has 3 aliphatic rings. The number of nitrogens with zero attached hydrogens (tertiary/aromatic N) is 1. The van der Waals surface area contributed by atoms with E-state index in [9.17, 15) is 0 Å². The molecule has 1 heterocycles. The molecule has 1 heteroatoms. The van der Waals surface area contributed by atoms with E-state index in [1.807, 2.05) is 6.08 Å². The van der Waals surface area contributed by atoms with Gasteiger partial charge in [-0.05, 0) is 84.8 Å². The SMILES string of the molecule is C=C/C(=C\C=CC)C1=NC2C(C3CC3C)=CC(c3cccc(C)c3)=CC2=C(CCCCCC(C)CCCC)C1. The predicted octanol–water partition coefficient (Wildman–Crippen LogP) is 10.9. The molecule has 1 fully saturated rings. The van der Waals surface area contributed by atoms with Gasteiger partial charge in [-0.3, -0.25) is 4.99 Å². The van der Waals surface area contributed by atoms with Crippen molar-refractivity contribution in [3.05, 3.63) is 101 Å². The second-order valence-electron chi connectivity index (χ2n) is 12.3. The summed E-state index contributed by atoms with van der Waals surface area (Å²) in [6.07, 6.45) is 26.2. The van der Waals surface area contributed by atoms with Crippen molar-refractivity contribution in [2.75, 3.05) is 0 Å². The molecular formula is C38H51N. The third-order valence-corrected chi connectivity index (χ3v) is 8.95. The predicted molar refractivity (Wildman–Crippen MR) is 172 cm³/mol. The summed E-state index contributed by atoms with van der Waals surface area (Å²) < 4.78 is 0. The molecule has 0 saturated heterocycles. The average Bonchev–Trinajstić information content (AvgIpc) is 3.67. The van der Waals surface area contributed by atoms with Crippen molar-refractivity contribution in [1.82, 2.24) is 0 Å². The zero-order chi connectivity index (χ0) is 27.8. The van der Waals surface area contributed by atoms with Crippen LogP contribution in [0.4, 0.5) is 0 Å². The summed E-state index contributed by atoms with van der Waals surface area (Å²) in [5.74, 6) is 2.27. The normalized spacial score (nSPS) is 23.8. The first-order chi connectivity index (χ1) is 18.9. The standard InChI is InChI=1S/C38H51N/c1-7-10-16-27(4)17-13-12-14-20-32-26-37(30(9-3)19-11-8-2)39-38-35(32)24-33(25-36(38)34-23-29(34)6)31-21-15-18-28(5)22-31/h8-9,11,15,18-19,21-22,24-25,27,29,34,38H,3,7,10,12-14,16-17,20,23,26H2,1-2,4-6H3/b11-8?,30-19+. The van der Waals surface area contributed by atoms with Crippen LogP contribution in [0.1, 0.15) is 103 Å². The highest BCUT2D eigenvalue weighted by Gasteiger charge is 2.42. The van der Waals surface area contributed by atoms with Crippen LogP contribution in [0.3, 0.4) is 0 Å². The summed E-state index contributed by atoms with van der Waals surface area (Å²) >= 11 is 0. The Labute approximate surface area is 239 Å². The van der Waals surface area contributed by atoms with Crippen molar-refractivity contribution in [3.63, 3.8) is 0 Å². The lowest BCUT2D eigenvalue weighted by Crippen LogP contribution is -2.25. The first-order valence-corrected chi connectivity index (χ1v) is 15.7. The van der Waals surface area contributed by atoms with Gasteiger partial charge in [0.25, 0.3) is 0 Å². The van der Waals surface area contributed by atoms with Crippen molar-refractivity contribution in [2.45, 2.75) is 105 Å². The van der Waals surface area contributed by atoms with Crippen LogP contribution in [-0.2, 0) is 0 Å². The molecule has 208 valence electrons. The van der Waals surface area contributed by atoms with E-state index in [1.165, 1.54) is 96.9 Å². The van der Waals surface area contributed by atoms with Crippen LogP contribution in [-0.4, -0.2) is 11.8 Å². The van der Waals surface area contributed by atoms with Gasteiger partial charge in [-0.2, -0.15) is 0 Å². The Morgan fingerprint density at radius 2 is 1.92 bits per heavy atom. The summed E-state index contributed by atoms with van der Waals surface area (Å²) in [5, 5.41) is 0. The Hall–Kier alpha value is -2.67. The van der Waals surface area contributed by atoms with Gasteiger partial charge >= 0.3 is 0 Å². The Bertz CT molecular complexity index is 1200. The number of hydrogen-bond acceptors (Lipinski definition) is 1. The Morgan fingerprint density at radius 1 is 1.13 bits per heavy atom. The van der Waals surface area contributed by atoms with Crippen molar-refractivity contribution < 1.29 is 0 Å². The monoisotopic (exact) mass is 521 g/mol. The van der Waals surface area contributed by atoms with Gasteiger partial charge in [-0.15, -0.1) is 0 Å². The molecule has 1 nitrogen and oxygen atoms in total. The Morgan fingerprint density at radius 3 is 2.62 bits per heavy atom. The fraction of sp³-hybridized carbons (Fsp3) is 0.500. The molecule has 0 radical (unpaired) electrons. The molecule has 0 amide bonds. The minimum Gasteiger partial charge on any atom is -0.276 e. The highest BCUT2D eigenvalue weighted by atomic mass is 14.8. The van der Waals surface area contributed by atoms with Crippen LogP contribution in [0.15, 0.2) is 94.6 Å². The van der Waals surface area contributed by atoms with E-state index >= 15 is 0 Å². The quantitative estimate of drug-likeness (QED) is 0.170. The largest absolute Gasteiger partial charge is 0.276 e. The first-order valence-electron chi connectivity index (χ1n) is 15.7. The molecule has 4 unspecified atom stereocenters. The van der Waals surface area contributed by atoms with Gasteiger partial charge in [-0.1, -0.05) is 132 Å². The molecule has 0 bridgehead atoms. The number of hydrogen-bond donors (Lipinski definition) is 0. The molecule has 0 N–H and O–H groups in total. The summed E-state index contributed by atoms with van der Waals surface area (Å²) in [6.45, 7) is 15.6. The lowest BCUT2D eigenvalue weighted by molar-refractivity contribution is 0.445. The zero-order valence-corrected chi connectivity index (χ0v) is 25.3. The number of aryl methyl sites for hydroxylation is 1. The van der Waals surface area contributed by atoms with E-state index < -0.39 is 0 Å². The van der Waals surface area contributed by atoms with Crippen LogP contribution in [0.2, 0.25) is 0 Å². The lowest BCUT2D eigenvalue weighted by atomic mass is 9.78. The van der Waals surface area contributed by atoms with Crippen molar-refractivity contribution in [1.29, 1.82) is 0 Å². The number of unbranched alkanes of at least 4 members (excludes halogenated alkanes) is 3. The maximum atomic E-state index is 5.47. The summed E-state index contributed by atoms with van der Waals surface area (Å²) in [5.41, 5.74) is 11.0. The number of rotatable bonds is 14. The van der Waals surface area contributed by atoms with Gasteiger partial charge in [-0.25, -0.2) is 0 Å². The minimum absolute atomic E-state index is 0.162. The lowest BCUT2D eigenvalue weighted by Gasteiger charge is -2.32. The summed E-state index contributed by atoms with van der Waals surface area (Å²) in [7, 11) is 0. The van der Waals surface area contributed by atoms with Crippen molar-refractivity contribution in [3.8, 4) is 0 Å². The van der Waals surface area contributed by atoms with Crippen LogP contribution in [0.25, 0.3) is 5.57 Å². The highest BCUT2D eigenvalue weighted by Crippen LogP contribution is 2.50. The van der Waals surface area contributed by atoms with E-state index in [-0.39, 0.29) is 6.04 Å². The van der Waals surface area contributed by atoms with Gasteiger partial charge in [0.05, 0.1) is 6.04 Å². The van der Waals surface area contributed by atoms with E-state index in [1.54, 1.807) is 5.57 Å². The fourth-order valence-electron chi connectivity index (χ4n) is 6.36. The highest BCUT2D eigenvalue weighted by molar-refractivity contribution is 6.05. The maximum Gasteiger partial charge on any atom is 0.0969 e. The topological polar surface area (TPSA) is 12.4 Å². The third-order valence-electron chi connectivity index (χ3n) is 8.95. The summed E-state index contributed by atoms with van der Waals surface area (Å²) in [4.78, 5) is 5.47. The smallest absolute Gasteiger partial charge is 0.0969 e. The number of dihydropyridines is 1. The third kappa shape index (κ3) is 7.71. The molecule has 2 aliphatic carbocycles. The average molecular weight is 522 g/mol. The van der Waals surface area contributed by atoms with Crippen molar-refractivity contribution in [2.24, 2.45) is 22.7 Å². The second-order valence-corrected chi connectivity index (χ2v) is 12.3. The minimum atomic E-state index is 0.162. The van der Waals surface area contributed by atoms with Crippen LogP contribution < -0.4 is 0 Å². The summed E-state index contributed by atoms with van der Waals surface area (Å²) in [6, 6.07) is 9.17. The molecule has 0 aromatic heterocycles. The Kier molecular flexibility index (Phi) is 10.6. The molecule has 1 aliphatic heterocycles. The van der Waals surface area contributed by atoms with Crippen molar-refractivity contribution >= 4 is 11.3 Å². The molecule has 0 spiro atoms. The van der Waals surface area contributed by atoms with Gasteiger partial charge in [0.1, 0.15) is 0 Å². The zero-order valence-electron chi connectivity index (χ0n) is 25.3. The number of allylic oxidation sites excluding steroid dienone is 8. The second kappa shape index (κ2) is 14.1. The molecule has 1 aromatic carbocycles. The molecule has 1 saturated carbocycles. The van der Waals surface area contributed by atoms with E-state index in [2.05, 4.69) is 95.8 Å². The van der Waals surface area contributed by atoms with E-state index in [4.69, 9.17) is 4.99 Å². The van der Waals surface area contributed by atoms with Crippen LogP contribution >= 0.6 is 0 Å².